The van der Waals surface area contributed by atoms with Gasteiger partial charge < -0.3 is 9.88 Å². The van der Waals surface area contributed by atoms with Crippen LogP contribution in [0.25, 0.3) is 22.1 Å². The van der Waals surface area contributed by atoms with Crippen LogP contribution in [0.4, 0.5) is 0 Å². The number of thioether (sulfide) groups is 1. The zero-order valence-electron chi connectivity index (χ0n) is 16.5. The van der Waals surface area contributed by atoms with E-state index in [1.807, 2.05) is 12.1 Å². The van der Waals surface area contributed by atoms with Gasteiger partial charge in [-0.1, -0.05) is 56.7 Å². The van der Waals surface area contributed by atoms with Crippen LogP contribution in [0.2, 0.25) is 0 Å². The fourth-order valence-corrected chi connectivity index (χ4v) is 4.70. The summed E-state index contributed by atoms with van der Waals surface area (Å²) < 4.78 is 2.20. The van der Waals surface area contributed by atoms with Crippen LogP contribution in [0.15, 0.2) is 29.4 Å². The number of nitrogens with zero attached hydrogens (tertiary/aromatic N) is 4. The van der Waals surface area contributed by atoms with E-state index < -0.39 is 0 Å². The SMILES string of the molecule is CCCn1c2ccccc2c2nnc(SCC(=O)NC3CCCCC3C)nc21. The number of aromatic nitrogens is 4. The Morgan fingerprint density at radius 2 is 2.07 bits per heavy atom. The van der Waals surface area contributed by atoms with Gasteiger partial charge in [-0.3, -0.25) is 4.79 Å². The number of amides is 1. The quantitative estimate of drug-likeness (QED) is 0.632. The lowest BCUT2D eigenvalue weighted by atomic mass is 9.86. The summed E-state index contributed by atoms with van der Waals surface area (Å²) in [5.41, 5.74) is 2.81. The number of rotatable bonds is 6. The molecule has 1 aliphatic carbocycles. The van der Waals surface area contributed by atoms with Crippen molar-refractivity contribution in [2.45, 2.75) is 63.7 Å². The van der Waals surface area contributed by atoms with E-state index in [2.05, 4.69) is 46.1 Å². The summed E-state index contributed by atoms with van der Waals surface area (Å²) in [5, 5.41) is 13.5. The van der Waals surface area contributed by atoms with Crippen molar-refractivity contribution in [1.82, 2.24) is 25.1 Å². The molecule has 148 valence electrons. The first-order valence-electron chi connectivity index (χ1n) is 10.2. The molecule has 0 bridgehead atoms. The highest BCUT2D eigenvalue weighted by atomic mass is 32.2. The first kappa shape index (κ1) is 19.2. The maximum atomic E-state index is 12.4. The average Bonchev–Trinajstić information content (AvgIpc) is 3.02. The Hall–Kier alpha value is -2.15. The molecule has 2 heterocycles. The molecule has 1 amide bonds. The molecule has 1 aliphatic rings. The molecule has 6 nitrogen and oxygen atoms in total. The molecule has 1 fully saturated rings. The van der Waals surface area contributed by atoms with E-state index in [1.165, 1.54) is 31.0 Å². The Labute approximate surface area is 169 Å². The molecular weight excluding hydrogens is 370 g/mol. The summed E-state index contributed by atoms with van der Waals surface area (Å²) in [5.74, 6) is 0.938. The molecule has 3 aromatic rings. The maximum Gasteiger partial charge on any atom is 0.230 e. The van der Waals surface area contributed by atoms with Crippen molar-refractivity contribution in [3.8, 4) is 0 Å². The number of aryl methyl sites for hydroxylation is 1. The Kier molecular flexibility index (Phi) is 5.80. The molecule has 1 aromatic carbocycles. The molecule has 0 radical (unpaired) electrons. The van der Waals surface area contributed by atoms with Crippen LogP contribution in [0, 0.1) is 5.92 Å². The highest BCUT2D eigenvalue weighted by Gasteiger charge is 2.23. The monoisotopic (exact) mass is 397 g/mol. The zero-order chi connectivity index (χ0) is 19.5. The van der Waals surface area contributed by atoms with Crippen LogP contribution in [0.3, 0.4) is 0 Å². The second kappa shape index (κ2) is 8.47. The summed E-state index contributed by atoms with van der Waals surface area (Å²) in [6, 6.07) is 8.51. The van der Waals surface area contributed by atoms with Gasteiger partial charge in [0, 0.05) is 18.0 Å². The summed E-state index contributed by atoms with van der Waals surface area (Å²) in [4.78, 5) is 17.1. The zero-order valence-corrected chi connectivity index (χ0v) is 17.3. The van der Waals surface area contributed by atoms with Crippen molar-refractivity contribution in [3.05, 3.63) is 24.3 Å². The van der Waals surface area contributed by atoms with E-state index in [-0.39, 0.29) is 5.91 Å². The molecule has 2 unspecified atom stereocenters. The second-order valence-electron chi connectivity index (χ2n) is 7.66. The number of benzene rings is 1. The number of carbonyl (C=O) groups is 1. The molecule has 7 heteroatoms. The Bertz CT molecular complexity index is 985. The highest BCUT2D eigenvalue weighted by molar-refractivity contribution is 7.99. The van der Waals surface area contributed by atoms with Gasteiger partial charge in [-0.05, 0) is 31.2 Å². The number of nitrogens with one attached hydrogen (secondary N) is 1. The summed E-state index contributed by atoms with van der Waals surface area (Å²) in [7, 11) is 0. The minimum Gasteiger partial charge on any atom is -0.352 e. The summed E-state index contributed by atoms with van der Waals surface area (Å²) in [6.45, 7) is 5.26. The largest absolute Gasteiger partial charge is 0.352 e. The smallest absolute Gasteiger partial charge is 0.230 e. The van der Waals surface area contributed by atoms with E-state index in [0.717, 1.165) is 41.5 Å². The molecular formula is C21H27N5OS. The molecule has 28 heavy (non-hydrogen) atoms. The predicted molar refractivity (Wildman–Crippen MR) is 113 cm³/mol. The van der Waals surface area contributed by atoms with Gasteiger partial charge in [0.1, 0.15) is 5.52 Å². The molecule has 0 saturated heterocycles. The number of para-hydroxylation sites is 1. The van der Waals surface area contributed by atoms with E-state index in [0.29, 0.717) is 22.9 Å². The number of fused-ring (bicyclic) bond motifs is 3. The Morgan fingerprint density at radius 3 is 2.89 bits per heavy atom. The van der Waals surface area contributed by atoms with Gasteiger partial charge in [-0.25, -0.2) is 4.98 Å². The third-order valence-corrected chi connectivity index (χ3v) is 6.43. The minimum atomic E-state index is 0.0570. The van der Waals surface area contributed by atoms with Crippen LogP contribution >= 0.6 is 11.8 Å². The van der Waals surface area contributed by atoms with E-state index in [4.69, 9.17) is 4.98 Å². The first-order valence-corrected chi connectivity index (χ1v) is 11.2. The normalized spacial score (nSPS) is 19.9. The fraction of sp³-hybridized carbons (Fsp3) is 0.524. The van der Waals surface area contributed by atoms with Crippen molar-refractivity contribution in [3.63, 3.8) is 0 Å². The topological polar surface area (TPSA) is 72.7 Å². The third kappa shape index (κ3) is 3.85. The molecule has 1 N–H and O–H groups in total. The van der Waals surface area contributed by atoms with Gasteiger partial charge in [0.25, 0.3) is 0 Å². The number of hydrogen-bond acceptors (Lipinski definition) is 5. The van der Waals surface area contributed by atoms with Crippen molar-refractivity contribution in [2.24, 2.45) is 5.92 Å². The number of hydrogen-bond donors (Lipinski definition) is 1. The second-order valence-corrected chi connectivity index (χ2v) is 8.60. The van der Waals surface area contributed by atoms with E-state index in [9.17, 15) is 4.79 Å². The van der Waals surface area contributed by atoms with Crippen LogP contribution in [-0.2, 0) is 11.3 Å². The molecule has 4 rings (SSSR count). The molecule has 0 aliphatic heterocycles. The van der Waals surface area contributed by atoms with Crippen LogP contribution in [-0.4, -0.2) is 37.5 Å². The van der Waals surface area contributed by atoms with Gasteiger partial charge in [0.15, 0.2) is 5.65 Å². The lowest BCUT2D eigenvalue weighted by Crippen LogP contribution is -2.41. The summed E-state index contributed by atoms with van der Waals surface area (Å²) >= 11 is 1.36. The van der Waals surface area contributed by atoms with Gasteiger partial charge in [0.05, 0.1) is 11.3 Å². The van der Waals surface area contributed by atoms with Crippen LogP contribution < -0.4 is 5.32 Å². The maximum absolute atomic E-state index is 12.4. The van der Waals surface area contributed by atoms with E-state index in [1.54, 1.807) is 0 Å². The van der Waals surface area contributed by atoms with Crippen molar-refractivity contribution >= 4 is 39.7 Å². The van der Waals surface area contributed by atoms with Crippen LogP contribution in [0.1, 0.15) is 46.0 Å². The van der Waals surface area contributed by atoms with Gasteiger partial charge in [-0.15, -0.1) is 10.2 Å². The fourth-order valence-electron chi connectivity index (χ4n) is 4.11. The Morgan fingerprint density at radius 1 is 1.25 bits per heavy atom. The highest BCUT2D eigenvalue weighted by Crippen LogP contribution is 2.27. The van der Waals surface area contributed by atoms with Gasteiger partial charge in [-0.2, -0.15) is 0 Å². The van der Waals surface area contributed by atoms with Crippen LogP contribution in [0.5, 0.6) is 0 Å². The molecule has 0 spiro atoms. The minimum absolute atomic E-state index is 0.0570. The van der Waals surface area contributed by atoms with Gasteiger partial charge >= 0.3 is 0 Å². The lowest BCUT2D eigenvalue weighted by Gasteiger charge is -2.29. The first-order chi connectivity index (χ1) is 13.7. The van der Waals surface area contributed by atoms with Gasteiger partial charge in [0.2, 0.25) is 11.1 Å². The van der Waals surface area contributed by atoms with Crippen molar-refractivity contribution in [1.29, 1.82) is 0 Å². The van der Waals surface area contributed by atoms with Crippen molar-refractivity contribution in [2.75, 3.05) is 5.75 Å². The molecule has 2 atom stereocenters. The Balaban J connectivity index is 1.50. The van der Waals surface area contributed by atoms with E-state index >= 15 is 0 Å². The standard InChI is InChI=1S/C21H27N5OS/c1-3-12-26-17-11-7-5-9-15(17)19-20(26)23-21(25-24-19)28-13-18(27)22-16-10-6-4-8-14(16)2/h5,7,9,11,14,16H,3-4,6,8,10,12-13H2,1-2H3,(H,22,27). The predicted octanol–water partition coefficient (Wildman–Crippen LogP) is 4.18. The molecule has 2 aromatic heterocycles. The molecule has 1 saturated carbocycles. The average molecular weight is 398 g/mol. The lowest BCUT2D eigenvalue weighted by molar-refractivity contribution is -0.119. The summed E-state index contributed by atoms with van der Waals surface area (Å²) in [6.07, 6.45) is 5.77. The van der Waals surface area contributed by atoms with Crippen molar-refractivity contribution < 1.29 is 4.79 Å². The number of carbonyl (C=O) groups excluding carboxylic acids is 1. The third-order valence-electron chi connectivity index (χ3n) is 5.59.